The second-order valence-corrected chi connectivity index (χ2v) is 3.12. The Kier molecular flexibility index (Phi) is 2.82. The molecule has 0 aliphatic rings. The summed E-state index contributed by atoms with van der Waals surface area (Å²) in [6.07, 6.45) is 5.63. The molecule has 0 spiro atoms. The largest absolute Gasteiger partial charge is 0.618 e. The van der Waals surface area contributed by atoms with Crippen molar-refractivity contribution in [3.8, 4) is 0 Å². The van der Waals surface area contributed by atoms with E-state index in [1.165, 1.54) is 30.7 Å². The van der Waals surface area contributed by atoms with Crippen LogP contribution in [0.1, 0.15) is 16.2 Å². The van der Waals surface area contributed by atoms with E-state index >= 15 is 0 Å². The first-order valence-corrected chi connectivity index (χ1v) is 4.71. The maximum Gasteiger partial charge on any atom is 0.264 e. The lowest BCUT2D eigenvalue weighted by Gasteiger charge is -1.98. The summed E-state index contributed by atoms with van der Waals surface area (Å²) in [6.45, 7) is 0. The van der Waals surface area contributed by atoms with Gasteiger partial charge in [0, 0.05) is 12.1 Å². The lowest BCUT2D eigenvalue weighted by molar-refractivity contribution is -0.607. The van der Waals surface area contributed by atoms with E-state index < -0.39 is 0 Å². The van der Waals surface area contributed by atoms with E-state index in [4.69, 9.17) is 4.42 Å². The number of carbonyl (C=O) groups excluding carboxylic acids is 1. The highest BCUT2D eigenvalue weighted by molar-refractivity contribution is 6.04. The van der Waals surface area contributed by atoms with Gasteiger partial charge in [-0.2, -0.15) is 4.73 Å². The zero-order valence-electron chi connectivity index (χ0n) is 8.37. The molecule has 0 unspecified atom stereocenters. The standard InChI is InChI=1S/C12H9NO3/c14-12(7-6-10-4-3-9-16-10)11-5-1-2-8-13(11)15/h1-9H/b7-6+. The average molecular weight is 215 g/mol. The summed E-state index contributed by atoms with van der Waals surface area (Å²) in [7, 11) is 0. The molecule has 16 heavy (non-hydrogen) atoms. The molecule has 80 valence electrons. The van der Waals surface area contributed by atoms with E-state index in [1.807, 2.05) is 0 Å². The Morgan fingerprint density at radius 3 is 2.88 bits per heavy atom. The second kappa shape index (κ2) is 4.44. The van der Waals surface area contributed by atoms with Crippen molar-refractivity contribution in [2.45, 2.75) is 0 Å². The zero-order chi connectivity index (χ0) is 11.4. The van der Waals surface area contributed by atoms with Crippen LogP contribution in [-0.4, -0.2) is 5.78 Å². The molecule has 0 radical (unpaired) electrons. The van der Waals surface area contributed by atoms with Crippen LogP contribution in [0.5, 0.6) is 0 Å². The smallest absolute Gasteiger partial charge is 0.264 e. The molecule has 2 heterocycles. The number of aromatic nitrogens is 1. The van der Waals surface area contributed by atoms with E-state index in [0.29, 0.717) is 10.5 Å². The topological polar surface area (TPSA) is 57.2 Å². The van der Waals surface area contributed by atoms with Crippen molar-refractivity contribution in [3.63, 3.8) is 0 Å². The lowest BCUT2D eigenvalue weighted by atomic mass is 10.2. The highest BCUT2D eigenvalue weighted by atomic mass is 16.5. The van der Waals surface area contributed by atoms with Crippen molar-refractivity contribution < 1.29 is 13.9 Å². The summed E-state index contributed by atoms with van der Waals surface area (Å²) in [4.78, 5) is 11.6. The number of hydrogen-bond acceptors (Lipinski definition) is 3. The number of hydrogen-bond donors (Lipinski definition) is 0. The molecule has 0 bridgehead atoms. The highest BCUT2D eigenvalue weighted by Crippen LogP contribution is 2.03. The van der Waals surface area contributed by atoms with Gasteiger partial charge in [-0.3, -0.25) is 4.79 Å². The number of nitrogens with zero attached hydrogens (tertiary/aromatic N) is 1. The Bertz CT molecular complexity index is 515. The molecule has 0 saturated carbocycles. The number of pyridine rings is 1. The van der Waals surface area contributed by atoms with E-state index in [9.17, 15) is 10.0 Å². The van der Waals surface area contributed by atoms with Gasteiger partial charge in [0.15, 0.2) is 6.20 Å². The third kappa shape index (κ3) is 2.17. The highest BCUT2D eigenvalue weighted by Gasteiger charge is 2.11. The maximum absolute atomic E-state index is 11.6. The zero-order valence-corrected chi connectivity index (χ0v) is 8.37. The Labute approximate surface area is 92.0 Å². The molecule has 0 aromatic carbocycles. The first-order chi connectivity index (χ1) is 7.77. The Morgan fingerprint density at radius 2 is 2.19 bits per heavy atom. The monoisotopic (exact) mass is 215 g/mol. The van der Waals surface area contributed by atoms with Gasteiger partial charge in [-0.1, -0.05) is 0 Å². The molecule has 4 nitrogen and oxygen atoms in total. The molecule has 0 aliphatic carbocycles. The van der Waals surface area contributed by atoms with Crippen molar-refractivity contribution in [1.82, 2.24) is 0 Å². The second-order valence-electron chi connectivity index (χ2n) is 3.12. The van der Waals surface area contributed by atoms with Crippen LogP contribution in [0, 0.1) is 5.21 Å². The van der Waals surface area contributed by atoms with Gasteiger partial charge in [-0.25, -0.2) is 0 Å². The summed E-state index contributed by atoms with van der Waals surface area (Å²) in [5.74, 6) is 0.216. The molecule has 0 aliphatic heterocycles. The first kappa shape index (κ1) is 10.2. The predicted molar refractivity (Wildman–Crippen MR) is 57.5 cm³/mol. The van der Waals surface area contributed by atoms with Crippen molar-refractivity contribution in [3.05, 3.63) is 65.5 Å². The molecule has 0 N–H and O–H groups in total. The summed E-state index contributed by atoms with van der Waals surface area (Å²) >= 11 is 0. The van der Waals surface area contributed by atoms with Gasteiger partial charge in [-0.15, -0.1) is 0 Å². The van der Waals surface area contributed by atoms with Gasteiger partial charge in [0.25, 0.3) is 11.5 Å². The fourth-order valence-corrected chi connectivity index (χ4v) is 1.25. The first-order valence-electron chi connectivity index (χ1n) is 4.71. The van der Waals surface area contributed by atoms with Gasteiger partial charge in [0.05, 0.1) is 6.26 Å². The third-order valence-corrected chi connectivity index (χ3v) is 2.02. The van der Waals surface area contributed by atoms with Gasteiger partial charge in [0.2, 0.25) is 0 Å². The minimum atomic E-state index is -0.355. The average Bonchev–Trinajstić information content (AvgIpc) is 2.79. The van der Waals surface area contributed by atoms with Crippen molar-refractivity contribution in [2.24, 2.45) is 0 Å². The lowest BCUT2D eigenvalue weighted by Crippen LogP contribution is -2.33. The van der Waals surface area contributed by atoms with Crippen LogP contribution in [0.25, 0.3) is 6.08 Å². The SMILES string of the molecule is O=C(/C=C/c1ccco1)c1cccc[n+]1[O-]. The number of rotatable bonds is 3. The van der Waals surface area contributed by atoms with E-state index in [2.05, 4.69) is 0 Å². The van der Waals surface area contributed by atoms with Crippen LogP contribution >= 0.6 is 0 Å². The molecule has 0 atom stereocenters. The summed E-state index contributed by atoms with van der Waals surface area (Å²) in [5, 5.41) is 11.3. The number of carbonyl (C=O) groups is 1. The van der Waals surface area contributed by atoms with Crippen molar-refractivity contribution in [1.29, 1.82) is 0 Å². The molecule has 4 heteroatoms. The predicted octanol–water partition coefficient (Wildman–Crippen LogP) is 1.81. The fourth-order valence-electron chi connectivity index (χ4n) is 1.25. The van der Waals surface area contributed by atoms with E-state index in [-0.39, 0.29) is 11.5 Å². The maximum atomic E-state index is 11.6. The Morgan fingerprint density at radius 1 is 1.31 bits per heavy atom. The summed E-state index contributed by atoms with van der Waals surface area (Å²) < 4.78 is 5.56. The number of ketones is 1. The molecular weight excluding hydrogens is 206 g/mol. The molecule has 0 amide bonds. The molecule has 2 aromatic heterocycles. The van der Waals surface area contributed by atoms with Gasteiger partial charge < -0.3 is 9.62 Å². The summed E-state index contributed by atoms with van der Waals surface area (Å²) in [5.41, 5.74) is 0.0882. The molecule has 2 aromatic rings. The van der Waals surface area contributed by atoms with Crippen LogP contribution in [0.4, 0.5) is 0 Å². The summed E-state index contributed by atoms with van der Waals surface area (Å²) in [6, 6.07) is 8.13. The van der Waals surface area contributed by atoms with Crippen molar-refractivity contribution in [2.75, 3.05) is 0 Å². The van der Waals surface area contributed by atoms with E-state index in [0.717, 1.165) is 0 Å². The van der Waals surface area contributed by atoms with Gasteiger partial charge in [0.1, 0.15) is 5.76 Å². The molecule has 2 rings (SSSR count). The molecule has 0 saturated heterocycles. The Balaban J connectivity index is 2.18. The minimum absolute atomic E-state index is 0.0882. The minimum Gasteiger partial charge on any atom is -0.618 e. The molecular formula is C12H9NO3. The van der Waals surface area contributed by atoms with Crippen LogP contribution in [0.15, 0.2) is 53.3 Å². The van der Waals surface area contributed by atoms with Crippen LogP contribution < -0.4 is 4.73 Å². The third-order valence-electron chi connectivity index (χ3n) is 2.02. The van der Waals surface area contributed by atoms with E-state index in [1.54, 1.807) is 24.3 Å². The van der Waals surface area contributed by atoms with Crippen LogP contribution in [0.3, 0.4) is 0 Å². The number of allylic oxidation sites excluding steroid dienone is 1. The van der Waals surface area contributed by atoms with Crippen molar-refractivity contribution >= 4 is 11.9 Å². The Hall–Kier alpha value is -2.36. The quantitative estimate of drug-likeness (QED) is 0.339. The normalized spacial score (nSPS) is 10.8. The molecule has 0 fully saturated rings. The fraction of sp³-hybridized carbons (Fsp3) is 0. The van der Waals surface area contributed by atoms with Crippen LogP contribution in [-0.2, 0) is 0 Å². The van der Waals surface area contributed by atoms with Gasteiger partial charge >= 0.3 is 0 Å². The van der Waals surface area contributed by atoms with Crippen LogP contribution in [0.2, 0.25) is 0 Å². The number of furan rings is 1. The van der Waals surface area contributed by atoms with Gasteiger partial charge in [-0.05, 0) is 30.4 Å².